The maximum Gasteiger partial charge on any atom is 0.264 e. The lowest BCUT2D eigenvalue weighted by Gasteiger charge is -2.36. The van der Waals surface area contributed by atoms with E-state index in [9.17, 15) is 17.6 Å². The van der Waals surface area contributed by atoms with Gasteiger partial charge in [-0.25, -0.2) is 12.8 Å². The van der Waals surface area contributed by atoms with E-state index in [1.807, 2.05) is 53.4 Å². The molecule has 8 heteroatoms. The summed E-state index contributed by atoms with van der Waals surface area (Å²) >= 11 is 0. The molecule has 1 amide bonds. The van der Waals surface area contributed by atoms with Crippen LogP contribution in [-0.2, 0) is 16.6 Å². The first-order chi connectivity index (χ1) is 18.4. The lowest BCUT2D eigenvalue weighted by Crippen LogP contribution is -2.48. The summed E-state index contributed by atoms with van der Waals surface area (Å²) in [5.74, 6) is -0.591. The van der Waals surface area contributed by atoms with Gasteiger partial charge >= 0.3 is 0 Å². The number of benzene rings is 4. The van der Waals surface area contributed by atoms with Crippen molar-refractivity contribution >= 4 is 27.3 Å². The van der Waals surface area contributed by atoms with E-state index in [4.69, 9.17) is 0 Å². The van der Waals surface area contributed by atoms with Gasteiger partial charge in [-0.1, -0.05) is 48.5 Å². The quantitative estimate of drug-likeness (QED) is 0.331. The predicted octanol–water partition coefficient (Wildman–Crippen LogP) is 5.18. The Hall–Kier alpha value is -4.17. The van der Waals surface area contributed by atoms with Crippen molar-refractivity contribution in [1.29, 1.82) is 0 Å². The van der Waals surface area contributed by atoms with Gasteiger partial charge in [0.2, 0.25) is 0 Å². The molecular formula is C30H28FN3O3S. The van der Waals surface area contributed by atoms with E-state index in [1.165, 1.54) is 16.4 Å². The summed E-state index contributed by atoms with van der Waals surface area (Å²) in [4.78, 5) is 17.3. The van der Waals surface area contributed by atoms with Crippen LogP contribution in [0.25, 0.3) is 0 Å². The molecular weight excluding hydrogens is 501 g/mol. The highest BCUT2D eigenvalue weighted by atomic mass is 32.2. The van der Waals surface area contributed by atoms with Crippen molar-refractivity contribution in [2.24, 2.45) is 0 Å². The van der Waals surface area contributed by atoms with Gasteiger partial charge in [-0.3, -0.25) is 9.10 Å². The minimum absolute atomic E-state index is 0.00808. The SMILES string of the molecule is O=C(c1ccc(N(Cc2ccccc2)S(=O)(=O)c2ccc(F)cc2)cc1)N1CCN(c2ccccc2)CC1. The van der Waals surface area contributed by atoms with Crippen molar-refractivity contribution in [3.8, 4) is 0 Å². The fourth-order valence-corrected chi connectivity index (χ4v) is 6.01. The molecule has 1 heterocycles. The monoisotopic (exact) mass is 529 g/mol. The van der Waals surface area contributed by atoms with E-state index in [2.05, 4.69) is 17.0 Å². The normalized spacial score (nSPS) is 13.8. The molecule has 1 fully saturated rings. The average molecular weight is 530 g/mol. The number of carbonyl (C=O) groups is 1. The third kappa shape index (κ3) is 5.55. The zero-order valence-corrected chi connectivity index (χ0v) is 21.6. The lowest BCUT2D eigenvalue weighted by atomic mass is 10.1. The molecule has 6 nitrogen and oxygen atoms in total. The molecule has 38 heavy (non-hydrogen) atoms. The van der Waals surface area contributed by atoms with Crippen LogP contribution in [0.15, 0.2) is 114 Å². The highest BCUT2D eigenvalue weighted by Gasteiger charge is 2.27. The van der Waals surface area contributed by atoms with Crippen molar-refractivity contribution in [2.75, 3.05) is 35.4 Å². The first kappa shape index (κ1) is 25.5. The number of para-hydroxylation sites is 1. The van der Waals surface area contributed by atoms with Gasteiger partial charge < -0.3 is 9.80 Å². The standard InChI is InChI=1S/C30H28FN3O3S/c31-26-13-17-29(18-14-26)38(36,37)34(23-24-7-3-1-4-8-24)28-15-11-25(12-16-28)30(35)33-21-19-32(20-22-33)27-9-5-2-6-10-27/h1-18H,19-23H2. The number of anilines is 2. The van der Waals surface area contributed by atoms with Gasteiger partial charge in [0.1, 0.15) is 5.82 Å². The number of halogens is 1. The van der Waals surface area contributed by atoms with Crippen LogP contribution in [0.4, 0.5) is 15.8 Å². The Kier molecular flexibility index (Phi) is 7.42. The summed E-state index contributed by atoms with van der Waals surface area (Å²) in [5, 5.41) is 0. The molecule has 0 N–H and O–H groups in total. The molecule has 4 aromatic rings. The van der Waals surface area contributed by atoms with E-state index in [0.717, 1.165) is 36.5 Å². The Labute approximate surface area is 222 Å². The number of hydrogen-bond donors (Lipinski definition) is 0. The summed E-state index contributed by atoms with van der Waals surface area (Å²) in [6.07, 6.45) is 0. The summed E-state index contributed by atoms with van der Waals surface area (Å²) in [5.41, 5.74) is 2.86. The predicted molar refractivity (Wildman–Crippen MR) is 147 cm³/mol. The molecule has 0 atom stereocenters. The van der Waals surface area contributed by atoms with E-state index >= 15 is 0 Å². The van der Waals surface area contributed by atoms with E-state index in [0.29, 0.717) is 24.3 Å². The number of carbonyl (C=O) groups excluding carboxylic acids is 1. The molecule has 0 spiro atoms. The van der Waals surface area contributed by atoms with Crippen LogP contribution < -0.4 is 9.21 Å². The van der Waals surface area contributed by atoms with Crippen LogP contribution in [0.5, 0.6) is 0 Å². The Morgan fingerprint density at radius 1 is 0.737 bits per heavy atom. The summed E-state index contributed by atoms with van der Waals surface area (Å²) < 4.78 is 41.9. The van der Waals surface area contributed by atoms with Crippen LogP contribution >= 0.6 is 0 Å². The fraction of sp³-hybridized carbons (Fsp3) is 0.167. The molecule has 0 saturated carbocycles. The van der Waals surface area contributed by atoms with Crippen molar-refractivity contribution in [3.05, 3.63) is 126 Å². The number of hydrogen-bond acceptors (Lipinski definition) is 4. The number of rotatable bonds is 7. The summed E-state index contributed by atoms with van der Waals surface area (Å²) in [6.45, 7) is 2.79. The Balaban J connectivity index is 1.35. The Morgan fingerprint density at radius 2 is 1.32 bits per heavy atom. The summed E-state index contributed by atoms with van der Waals surface area (Å²) in [6, 6.07) is 30.8. The second kappa shape index (κ2) is 11.1. The molecule has 1 aliphatic rings. The molecule has 5 rings (SSSR count). The molecule has 194 valence electrons. The Morgan fingerprint density at radius 3 is 1.92 bits per heavy atom. The van der Waals surface area contributed by atoms with Crippen LogP contribution in [0, 0.1) is 5.82 Å². The molecule has 0 aromatic heterocycles. The Bertz CT molecular complexity index is 1470. The van der Waals surface area contributed by atoms with Gasteiger partial charge in [0.15, 0.2) is 0 Å². The van der Waals surface area contributed by atoms with Crippen LogP contribution in [0.3, 0.4) is 0 Å². The van der Waals surface area contributed by atoms with Gasteiger partial charge in [0.05, 0.1) is 17.1 Å². The third-order valence-electron chi connectivity index (χ3n) is 6.66. The second-order valence-corrected chi connectivity index (χ2v) is 11.0. The van der Waals surface area contributed by atoms with E-state index in [1.54, 1.807) is 24.3 Å². The first-order valence-corrected chi connectivity index (χ1v) is 13.9. The number of piperazine rings is 1. The lowest BCUT2D eigenvalue weighted by molar-refractivity contribution is 0.0747. The van der Waals surface area contributed by atoms with Crippen LogP contribution in [0.2, 0.25) is 0 Å². The summed E-state index contributed by atoms with van der Waals surface area (Å²) in [7, 11) is -3.99. The van der Waals surface area contributed by atoms with Gasteiger partial charge in [-0.2, -0.15) is 0 Å². The number of nitrogens with zero attached hydrogens (tertiary/aromatic N) is 3. The van der Waals surface area contributed by atoms with Gasteiger partial charge in [0, 0.05) is 37.4 Å². The van der Waals surface area contributed by atoms with Crippen molar-refractivity contribution < 1.29 is 17.6 Å². The third-order valence-corrected chi connectivity index (χ3v) is 8.45. The average Bonchev–Trinajstić information content (AvgIpc) is 2.97. The van der Waals surface area contributed by atoms with E-state index < -0.39 is 15.8 Å². The number of amides is 1. The largest absolute Gasteiger partial charge is 0.368 e. The maximum atomic E-state index is 13.6. The smallest absolute Gasteiger partial charge is 0.264 e. The zero-order chi connectivity index (χ0) is 26.5. The molecule has 0 unspecified atom stereocenters. The minimum atomic E-state index is -3.99. The maximum absolute atomic E-state index is 13.6. The second-order valence-electron chi connectivity index (χ2n) is 9.11. The highest BCUT2D eigenvalue weighted by Crippen LogP contribution is 2.27. The molecule has 1 saturated heterocycles. The molecule has 0 aliphatic carbocycles. The van der Waals surface area contributed by atoms with Gasteiger partial charge in [-0.05, 0) is 66.2 Å². The van der Waals surface area contributed by atoms with Crippen LogP contribution in [-0.4, -0.2) is 45.4 Å². The highest BCUT2D eigenvalue weighted by molar-refractivity contribution is 7.92. The van der Waals surface area contributed by atoms with Crippen molar-refractivity contribution in [1.82, 2.24) is 4.90 Å². The zero-order valence-electron chi connectivity index (χ0n) is 20.8. The van der Waals surface area contributed by atoms with Gasteiger partial charge in [0.25, 0.3) is 15.9 Å². The molecule has 0 radical (unpaired) electrons. The van der Waals surface area contributed by atoms with Gasteiger partial charge in [-0.15, -0.1) is 0 Å². The minimum Gasteiger partial charge on any atom is -0.368 e. The topological polar surface area (TPSA) is 60.9 Å². The van der Waals surface area contributed by atoms with Crippen molar-refractivity contribution in [3.63, 3.8) is 0 Å². The number of sulfonamides is 1. The molecule has 4 aromatic carbocycles. The van der Waals surface area contributed by atoms with Crippen molar-refractivity contribution in [2.45, 2.75) is 11.4 Å². The van der Waals surface area contributed by atoms with E-state index in [-0.39, 0.29) is 17.3 Å². The molecule has 1 aliphatic heterocycles. The van der Waals surface area contributed by atoms with Crippen LogP contribution in [0.1, 0.15) is 15.9 Å². The first-order valence-electron chi connectivity index (χ1n) is 12.4. The molecule has 0 bridgehead atoms. The fourth-order valence-electron chi connectivity index (χ4n) is 4.56.